The van der Waals surface area contributed by atoms with Crippen molar-refractivity contribution >= 4 is 82.7 Å². The van der Waals surface area contributed by atoms with Gasteiger partial charge in [0.2, 0.25) is 0 Å². The molecule has 0 radical (unpaired) electrons. The highest BCUT2D eigenvalue weighted by Gasteiger charge is 2.37. The van der Waals surface area contributed by atoms with E-state index in [0.29, 0.717) is 0 Å². The molecule has 428 valence electrons. The van der Waals surface area contributed by atoms with Crippen LogP contribution in [0.3, 0.4) is 0 Å². The first-order valence-corrected chi connectivity index (χ1v) is 31.4. The fourth-order valence-electron chi connectivity index (χ4n) is 14.6. The van der Waals surface area contributed by atoms with Crippen molar-refractivity contribution in [3.8, 4) is 83.6 Å². The van der Waals surface area contributed by atoms with Crippen LogP contribution >= 0.6 is 0 Å². The summed E-state index contributed by atoms with van der Waals surface area (Å²) in [5.41, 5.74) is 29.0. The quantitative estimate of drug-likeness (QED) is 0.137. The maximum Gasteiger partial charge on any atom is 0.143 e. The van der Waals surface area contributed by atoms with Crippen LogP contribution in [-0.4, -0.2) is 4.57 Å². The number of fused-ring (bicyclic) bond motifs is 12. The van der Waals surface area contributed by atoms with Crippen molar-refractivity contribution in [1.82, 2.24) is 4.57 Å². The van der Waals surface area contributed by atoms with Crippen LogP contribution in [0.5, 0.6) is 0 Å². The molecule has 1 aliphatic carbocycles. The van der Waals surface area contributed by atoms with Crippen molar-refractivity contribution in [1.29, 1.82) is 0 Å². The van der Waals surface area contributed by atoms with Crippen LogP contribution < -0.4 is 4.90 Å². The molecule has 0 N–H and O–H groups in total. The smallest absolute Gasteiger partial charge is 0.143 e. The third-order valence-corrected chi connectivity index (χ3v) is 19.3. The van der Waals surface area contributed by atoms with Gasteiger partial charge in [-0.05, 0) is 163 Å². The van der Waals surface area contributed by atoms with Gasteiger partial charge in [0, 0.05) is 71.6 Å². The van der Waals surface area contributed by atoms with Crippen LogP contribution in [0.25, 0.3) is 149 Å². The lowest BCUT2D eigenvalue weighted by atomic mass is 9.82. The average Bonchev–Trinajstić information content (AvgIpc) is 1.61. The zero-order chi connectivity index (χ0) is 60.3. The van der Waals surface area contributed by atoms with E-state index in [-0.39, 0.29) is 5.41 Å². The van der Waals surface area contributed by atoms with Gasteiger partial charge >= 0.3 is 0 Å². The predicted molar refractivity (Wildman–Crippen MR) is 380 cm³/mol. The zero-order valence-corrected chi connectivity index (χ0v) is 50.2. The van der Waals surface area contributed by atoms with Crippen LogP contribution in [0.4, 0.5) is 17.1 Å². The standard InChI is InChI=1S/C87H58N2O2/c1-87(2)79-53-67(88(65-41-35-57(36-42-65)55-15-5-3-6-16-55)66-43-37-58(38-44-66)56-17-7-4-8-18-56)45-47-71(79)72-48-46-68(54-80(72)87)89-81-49-39-63(59-27-31-61(32-28-59)69-21-13-23-75-73-19-9-11-25-83(73)90-85(69)75)51-77(81)78-52-64(40-50-82(78)89)60-29-33-62(34-30-60)70-22-14-24-76-74-20-10-12-26-84(74)91-86(70)76/h3-54H,1-2H3. The van der Waals surface area contributed by atoms with Gasteiger partial charge in [0.15, 0.2) is 0 Å². The van der Waals surface area contributed by atoms with Gasteiger partial charge < -0.3 is 18.3 Å². The Labute approximate surface area is 527 Å². The van der Waals surface area contributed by atoms with E-state index in [0.717, 1.165) is 122 Å². The van der Waals surface area contributed by atoms with Crippen LogP contribution in [0, 0.1) is 0 Å². The van der Waals surface area contributed by atoms with Crippen LogP contribution in [0.2, 0.25) is 0 Å². The Morgan fingerprint density at radius 2 is 0.637 bits per heavy atom. The molecule has 0 saturated heterocycles. The van der Waals surface area contributed by atoms with E-state index in [1.807, 2.05) is 24.3 Å². The van der Waals surface area contributed by atoms with E-state index in [2.05, 4.69) is 315 Å². The maximum atomic E-state index is 6.49. The van der Waals surface area contributed by atoms with E-state index in [1.54, 1.807) is 0 Å². The molecule has 0 aliphatic heterocycles. The van der Waals surface area contributed by atoms with E-state index < -0.39 is 0 Å². The first kappa shape index (κ1) is 52.4. The van der Waals surface area contributed by atoms with Gasteiger partial charge in [-0.15, -0.1) is 0 Å². The Hall–Kier alpha value is -11.7. The zero-order valence-electron chi connectivity index (χ0n) is 50.2. The van der Waals surface area contributed by atoms with Gasteiger partial charge in [-0.25, -0.2) is 0 Å². The molecular weight excluding hydrogens is 1100 g/mol. The SMILES string of the molecule is CC1(C)c2cc(N(c3ccc(-c4ccccc4)cc3)c3ccc(-c4ccccc4)cc3)ccc2-c2ccc(-n3c4ccc(-c5ccc(-c6cccc7c6oc6ccccc67)cc5)cc4c4cc(-c5ccc(-c6cccc7c6oc6ccccc67)cc5)ccc43)cc21. The third-order valence-electron chi connectivity index (χ3n) is 19.3. The van der Waals surface area contributed by atoms with Crippen molar-refractivity contribution in [2.45, 2.75) is 19.3 Å². The van der Waals surface area contributed by atoms with Gasteiger partial charge in [0.25, 0.3) is 0 Å². The molecule has 0 spiro atoms. The van der Waals surface area contributed by atoms with Gasteiger partial charge in [0.05, 0.1) is 11.0 Å². The lowest BCUT2D eigenvalue weighted by molar-refractivity contribution is 0.660. The summed E-state index contributed by atoms with van der Waals surface area (Å²) in [6, 6.07) is 115. The van der Waals surface area contributed by atoms with E-state index >= 15 is 0 Å². The molecule has 17 aromatic rings. The number of hydrogen-bond donors (Lipinski definition) is 0. The van der Waals surface area contributed by atoms with E-state index in [9.17, 15) is 0 Å². The van der Waals surface area contributed by atoms with Crippen molar-refractivity contribution in [2.75, 3.05) is 4.90 Å². The van der Waals surface area contributed by atoms with E-state index in [4.69, 9.17) is 8.83 Å². The molecule has 4 heteroatoms. The van der Waals surface area contributed by atoms with Crippen LogP contribution in [-0.2, 0) is 5.41 Å². The molecular formula is C87H58N2O2. The Morgan fingerprint density at radius 1 is 0.264 bits per heavy atom. The summed E-state index contributed by atoms with van der Waals surface area (Å²) in [5.74, 6) is 0. The lowest BCUT2D eigenvalue weighted by Gasteiger charge is -2.28. The summed E-state index contributed by atoms with van der Waals surface area (Å²) in [6.07, 6.45) is 0. The predicted octanol–water partition coefficient (Wildman–Crippen LogP) is 24.4. The molecule has 3 aromatic heterocycles. The first-order valence-electron chi connectivity index (χ1n) is 31.4. The van der Waals surface area contributed by atoms with Gasteiger partial charge in [-0.2, -0.15) is 0 Å². The molecule has 14 aromatic carbocycles. The number of benzene rings is 14. The van der Waals surface area contributed by atoms with Crippen molar-refractivity contribution in [2.24, 2.45) is 0 Å². The topological polar surface area (TPSA) is 34.5 Å². The monoisotopic (exact) mass is 1160 g/mol. The fourth-order valence-corrected chi connectivity index (χ4v) is 14.6. The number of anilines is 3. The molecule has 91 heavy (non-hydrogen) atoms. The largest absolute Gasteiger partial charge is 0.455 e. The number of nitrogens with zero attached hydrogens (tertiary/aromatic N) is 2. The number of para-hydroxylation sites is 4. The molecule has 0 saturated carbocycles. The number of hydrogen-bond acceptors (Lipinski definition) is 3. The Morgan fingerprint density at radius 3 is 1.13 bits per heavy atom. The van der Waals surface area contributed by atoms with Crippen LogP contribution in [0.1, 0.15) is 25.0 Å². The average molecular weight is 1160 g/mol. The number of aromatic nitrogens is 1. The first-order chi connectivity index (χ1) is 44.8. The molecule has 0 amide bonds. The molecule has 4 nitrogen and oxygen atoms in total. The minimum atomic E-state index is -0.319. The lowest BCUT2D eigenvalue weighted by Crippen LogP contribution is -2.17. The molecule has 0 bridgehead atoms. The van der Waals surface area contributed by atoms with Crippen molar-refractivity contribution in [3.05, 3.63) is 327 Å². The number of furan rings is 2. The maximum absolute atomic E-state index is 6.49. The molecule has 0 atom stereocenters. The molecule has 1 aliphatic rings. The highest BCUT2D eigenvalue weighted by Crippen LogP contribution is 2.52. The van der Waals surface area contributed by atoms with Crippen molar-refractivity contribution in [3.63, 3.8) is 0 Å². The summed E-state index contributed by atoms with van der Waals surface area (Å²) >= 11 is 0. The summed E-state index contributed by atoms with van der Waals surface area (Å²) in [5, 5.41) is 6.92. The van der Waals surface area contributed by atoms with E-state index in [1.165, 1.54) is 55.3 Å². The summed E-state index contributed by atoms with van der Waals surface area (Å²) < 4.78 is 15.5. The minimum absolute atomic E-state index is 0.319. The second-order valence-corrected chi connectivity index (χ2v) is 24.8. The summed E-state index contributed by atoms with van der Waals surface area (Å²) in [6.45, 7) is 4.79. The van der Waals surface area contributed by atoms with Crippen molar-refractivity contribution < 1.29 is 8.83 Å². The highest BCUT2D eigenvalue weighted by molar-refractivity contribution is 6.13. The summed E-state index contributed by atoms with van der Waals surface area (Å²) in [7, 11) is 0. The van der Waals surface area contributed by atoms with Gasteiger partial charge in [-0.3, -0.25) is 0 Å². The molecule has 0 unspecified atom stereocenters. The van der Waals surface area contributed by atoms with Crippen LogP contribution in [0.15, 0.2) is 324 Å². The normalized spacial score (nSPS) is 12.6. The minimum Gasteiger partial charge on any atom is -0.455 e. The molecule has 18 rings (SSSR count). The van der Waals surface area contributed by atoms with Gasteiger partial charge in [0.1, 0.15) is 22.3 Å². The third kappa shape index (κ3) is 8.59. The fraction of sp³-hybridized carbons (Fsp3) is 0.0345. The Kier molecular flexibility index (Phi) is 11.9. The number of rotatable bonds is 10. The molecule has 0 fully saturated rings. The van der Waals surface area contributed by atoms with Gasteiger partial charge in [-0.1, -0.05) is 244 Å². The second-order valence-electron chi connectivity index (χ2n) is 24.8. The highest BCUT2D eigenvalue weighted by atomic mass is 16.3. The second kappa shape index (κ2) is 20.7. The molecule has 3 heterocycles. The summed E-state index contributed by atoms with van der Waals surface area (Å²) in [4.78, 5) is 2.41. The Balaban J connectivity index is 0.734. The Bertz CT molecular complexity index is 5400.